The van der Waals surface area contributed by atoms with E-state index in [1.807, 2.05) is 11.6 Å². The lowest BCUT2D eigenvalue weighted by atomic mass is 9.64. The molecule has 2 unspecified atom stereocenters. The number of anilines is 1. The third-order valence-corrected chi connectivity index (χ3v) is 3.90. The van der Waals surface area contributed by atoms with Crippen LogP contribution in [-0.2, 0) is 4.74 Å². The van der Waals surface area contributed by atoms with Gasteiger partial charge in [-0.3, -0.25) is 0 Å². The highest BCUT2D eigenvalue weighted by Crippen LogP contribution is 2.44. The van der Waals surface area contributed by atoms with E-state index in [4.69, 9.17) is 4.74 Å². The van der Waals surface area contributed by atoms with Crippen molar-refractivity contribution in [3.63, 3.8) is 0 Å². The molecule has 1 aromatic heterocycles. The normalized spacial score (nSPS) is 29.6. The summed E-state index contributed by atoms with van der Waals surface area (Å²) >= 11 is 1.65. The van der Waals surface area contributed by atoms with Crippen molar-refractivity contribution >= 4 is 16.5 Å². The molecule has 1 saturated carbocycles. The van der Waals surface area contributed by atoms with Crippen molar-refractivity contribution in [1.29, 1.82) is 0 Å². The van der Waals surface area contributed by atoms with E-state index in [0.29, 0.717) is 12.1 Å². The first-order valence-corrected chi connectivity index (χ1v) is 5.71. The largest absolute Gasteiger partial charge is 0.381 e. The molecule has 0 saturated heterocycles. The number of thiazole rings is 1. The van der Waals surface area contributed by atoms with Gasteiger partial charge in [0.15, 0.2) is 5.13 Å². The first-order chi connectivity index (χ1) is 6.64. The maximum atomic E-state index is 5.39. The van der Waals surface area contributed by atoms with Gasteiger partial charge < -0.3 is 10.1 Å². The zero-order valence-corrected chi connectivity index (χ0v) is 9.60. The molecule has 3 nitrogen and oxygen atoms in total. The molecule has 1 aliphatic rings. The fraction of sp³-hybridized carbons (Fsp3) is 0.700. The summed E-state index contributed by atoms with van der Waals surface area (Å²) in [5, 5.41) is 6.44. The Hall–Kier alpha value is -0.610. The second kappa shape index (κ2) is 3.51. The van der Waals surface area contributed by atoms with E-state index in [2.05, 4.69) is 24.1 Å². The van der Waals surface area contributed by atoms with Gasteiger partial charge in [-0.1, -0.05) is 13.8 Å². The van der Waals surface area contributed by atoms with Gasteiger partial charge in [-0.15, -0.1) is 11.3 Å². The van der Waals surface area contributed by atoms with Crippen molar-refractivity contribution in [3.05, 3.63) is 11.6 Å². The lowest BCUT2D eigenvalue weighted by Crippen LogP contribution is -2.57. The second-order valence-electron chi connectivity index (χ2n) is 4.32. The topological polar surface area (TPSA) is 34.1 Å². The van der Waals surface area contributed by atoms with E-state index >= 15 is 0 Å². The number of nitrogens with one attached hydrogen (secondary N) is 1. The molecule has 78 valence electrons. The Kier molecular flexibility index (Phi) is 2.49. The molecule has 0 aromatic carbocycles. The van der Waals surface area contributed by atoms with E-state index < -0.39 is 0 Å². The van der Waals surface area contributed by atoms with Crippen LogP contribution in [0.2, 0.25) is 0 Å². The number of methoxy groups -OCH3 is 1. The van der Waals surface area contributed by atoms with E-state index in [1.54, 1.807) is 18.4 Å². The minimum atomic E-state index is 0.209. The van der Waals surface area contributed by atoms with Crippen LogP contribution in [0.3, 0.4) is 0 Å². The quantitative estimate of drug-likeness (QED) is 0.835. The Morgan fingerprint density at radius 3 is 2.93 bits per heavy atom. The van der Waals surface area contributed by atoms with Crippen molar-refractivity contribution in [2.24, 2.45) is 5.41 Å². The fourth-order valence-corrected chi connectivity index (χ4v) is 2.56. The fourth-order valence-electron chi connectivity index (χ4n) is 1.97. The Morgan fingerprint density at radius 2 is 2.43 bits per heavy atom. The number of ether oxygens (including phenoxy) is 1. The lowest BCUT2D eigenvalue weighted by Gasteiger charge is -2.51. The molecule has 14 heavy (non-hydrogen) atoms. The van der Waals surface area contributed by atoms with E-state index in [1.165, 1.54) is 0 Å². The highest BCUT2D eigenvalue weighted by atomic mass is 32.1. The summed E-state index contributed by atoms with van der Waals surface area (Å²) in [5.74, 6) is 0. The standard InChI is InChI=1S/C10H16N2OS/c1-10(2)7(6-8(10)13-3)12-9-11-4-5-14-9/h4-5,7-8H,6H2,1-3H3,(H,11,12). The number of aromatic nitrogens is 1. The summed E-state index contributed by atoms with van der Waals surface area (Å²) in [7, 11) is 1.78. The van der Waals surface area contributed by atoms with Crippen LogP contribution in [0.5, 0.6) is 0 Å². The Balaban J connectivity index is 1.96. The molecule has 1 fully saturated rings. The molecule has 1 aromatic rings. The Bertz CT molecular complexity index is 297. The maximum absolute atomic E-state index is 5.39. The first kappa shape index (κ1) is 9.93. The Labute approximate surface area is 88.5 Å². The van der Waals surface area contributed by atoms with Crippen LogP contribution < -0.4 is 5.32 Å². The van der Waals surface area contributed by atoms with Crippen LogP contribution >= 0.6 is 11.3 Å². The average molecular weight is 212 g/mol. The molecule has 0 radical (unpaired) electrons. The average Bonchev–Trinajstić information content (AvgIpc) is 2.64. The third kappa shape index (κ3) is 1.53. The highest BCUT2D eigenvalue weighted by Gasteiger charge is 2.48. The summed E-state index contributed by atoms with van der Waals surface area (Å²) in [6, 6.07) is 0.485. The molecule has 0 spiro atoms. The zero-order valence-electron chi connectivity index (χ0n) is 8.78. The van der Waals surface area contributed by atoms with Crippen molar-refractivity contribution < 1.29 is 4.74 Å². The number of nitrogens with zero attached hydrogens (tertiary/aromatic N) is 1. The van der Waals surface area contributed by atoms with Crippen LogP contribution in [0.4, 0.5) is 5.13 Å². The van der Waals surface area contributed by atoms with Crippen LogP contribution in [0.25, 0.3) is 0 Å². The van der Waals surface area contributed by atoms with Crippen molar-refractivity contribution in [2.75, 3.05) is 12.4 Å². The van der Waals surface area contributed by atoms with E-state index in [0.717, 1.165) is 11.6 Å². The second-order valence-corrected chi connectivity index (χ2v) is 5.21. The van der Waals surface area contributed by atoms with Crippen molar-refractivity contribution in [2.45, 2.75) is 32.4 Å². The molecule has 1 heterocycles. The van der Waals surface area contributed by atoms with Crippen LogP contribution in [0.1, 0.15) is 20.3 Å². The van der Waals surface area contributed by atoms with Gasteiger partial charge in [0.2, 0.25) is 0 Å². The van der Waals surface area contributed by atoms with Gasteiger partial charge in [0.05, 0.1) is 6.10 Å². The van der Waals surface area contributed by atoms with Gasteiger partial charge in [-0.2, -0.15) is 0 Å². The van der Waals surface area contributed by atoms with Crippen LogP contribution in [-0.4, -0.2) is 24.2 Å². The van der Waals surface area contributed by atoms with Gasteiger partial charge in [0.25, 0.3) is 0 Å². The monoisotopic (exact) mass is 212 g/mol. The number of rotatable bonds is 3. The smallest absolute Gasteiger partial charge is 0.182 e. The molecule has 0 aliphatic heterocycles. The van der Waals surface area contributed by atoms with Crippen LogP contribution in [0.15, 0.2) is 11.6 Å². The predicted octanol–water partition coefficient (Wildman–Crippen LogP) is 2.37. The molecular formula is C10H16N2OS. The van der Waals surface area contributed by atoms with Gasteiger partial charge >= 0.3 is 0 Å². The molecule has 2 atom stereocenters. The predicted molar refractivity (Wildman–Crippen MR) is 58.7 cm³/mol. The van der Waals surface area contributed by atoms with Crippen molar-refractivity contribution in [3.8, 4) is 0 Å². The Morgan fingerprint density at radius 1 is 1.64 bits per heavy atom. The van der Waals surface area contributed by atoms with Gasteiger partial charge in [-0.25, -0.2) is 4.98 Å². The van der Waals surface area contributed by atoms with Gasteiger partial charge in [0, 0.05) is 30.1 Å². The molecule has 1 aliphatic carbocycles. The molecule has 0 bridgehead atoms. The zero-order chi connectivity index (χ0) is 10.2. The SMILES string of the molecule is COC1CC(Nc2nccs2)C1(C)C. The lowest BCUT2D eigenvalue weighted by molar-refractivity contribution is -0.0794. The van der Waals surface area contributed by atoms with Gasteiger partial charge in [0.1, 0.15) is 0 Å². The van der Waals surface area contributed by atoms with E-state index in [-0.39, 0.29) is 5.41 Å². The van der Waals surface area contributed by atoms with E-state index in [9.17, 15) is 0 Å². The summed E-state index contributed by atoms with van der Waals surface area (Å²) in [5.41, 5.74) is 0.209. The molecule has 4 heteroatoms. The molecule has 1 N–H and O–H groups in total. The third-order valence-electron chi connectivity index (χ3n) is 3.19. The number of hydrogen-bond acceptors (Lipinski definition) is 4. The minimum Gasteiger partial charge on any atom is -0.381 e. The summed E-state index contributed by atoms with van der Waals surface area (Å²) in [4.78, 5) is 4.22. The summed E-state index contributed by atoms with van der Waals surface area (Å²) < 4.78 is 5.39. The van der Waals surface area contributed by atoms with Crippen LogP contribution in [0, 0.1) is 5.41 Å². The summed E-state index contributed by atoms with van der Waals surface area (Å²) in [6.07, 6.45) is 3.27. The maximum Gasteiger partial charge on any atom is 0.182 e. The van der Waals surface area contributed by atoms with Gasteiger partial charge in [-0.05, 0) is 6.42 Å². The minimum absolute atomic E-state index is 0.209. The summed E-state index contributed by atoms with van der Waals surface area (Å²) in [6.45, 7) is 4.46. The van der Waals surface area contributed by atoms with Crippen molar-refractivity contribution in [1.82, 2.24) is 4.98 Å². The first-order valence-electron chi connectivity index (χ1n) is 4.83. The molecular weight excluding hydrogens is 196 g/mol. The molecule has 0 amide bonds. The number of hydrogen-bond donors (Lipinski definition) is 1. The highest BCUT2D eigenvalue weighted by molar-refractivity contribution is 7.13. The molecule has 2 rings (SSSR count).